The number of aromatic carboxylic acids is 1. The third kappa shape index (κ3) is 2.55. The lowest BCUT2D eigenvalue weighted by molar-refractivity contribution is -0.384. The normalized spacial score (nSPS) is 10.2. The molecule has 0 atom stereocenters. The summed E-state index contributed by atoms with van der Waals surface area (Å²) in [6.45, 7) is 0.195. The lowest BCUT2D eigenvalue weighted by Crippen LogP contribution is -2.10. The Morgan fingerprint density at radius 3 is 2.85 bits per heavy atom. The topological polar surface area (TPSA) is 123 Å². The zero-order chi connectivity index (χ0) is 14.7. The Balaban J connectivity index is 2.32. The van der Waals surface area contributed by atoms with Crippen molar-refractivity contribution in [1.29, 1.82) is 0 Å². The molecule has 1 aromatic carbocycles. The maximum Gasteiger partial charge on any atom is 0.342 e. The van der Waals surface area contributed by atoms with Gasteiger partial charge in [-0.25, -0.2) is 4.79 Å². The van der Waals surface area contributed by atoms with E-state index in [1.165, 1.54) is 24.5 Å². The van der Waals surface area contributed by atoms with Crippen LogP contribution in [0.5, 0.6) is 0 Å². The van der Waals surface area contributed by atoms with Gasteiger partial charge in [-0.1, -0.05) is 6.07 Å². The predicted octanol–water partition coefficient (Wildman–Crippen LogP) is 1.03. The second kappa shape index (κ2) is 5.34. The number of nitrogens with zero attached hydrogens (tertiary/aromatic N) is 4. The van der Waals surface area contributed by atoms with Crippen molar-refractivity contribution in [2.45, 2.75) is 6.54 Å². The first-order chi connectivity index (χ1) is 9.50. The molecule has 0 fully saturated rings. The SMILES string of the molecule is Cn1cnnc1CNc1cccc(C(=O)O)c1[N+](=O)[O-]. The van der Waals surface area contributed by atoms with E-state index in [1.54, 1.807) is 11.6 Å². The maximum absolute atomic E-state index is 11.0. The first-order valence-corrected chi connectivity index (χ1v) is 5.58. The summed E-state index contributed by atoms with van der Waals surface area (Å²) in [5, 5.41) is 30.3. The van der Waals surface area contributed by atoms with Crippen LogP contribution in [0.3, 0.4) is 0 Å². The van der Waals surface area contributed by atoms with E-state index in [1.807, 2.05) is 0 Å². The summed E-state index contributed by atoms with van der Waals surface area (Å²) in [6.07, 6.45) is 1.50. The monoisotopic (exact) mass is 277 g/mol. The largest absolute Gasteiger partial charge is 0.477 e. The van der Waals surface area contributed by atoms with Gasteiger partial charge in [-0.2, -0.15) is 0 Å². The van der Waals surface area contributed by atoms with Gasteiger partial charge in [-0.05, 0) is 12.1 Å². The fourth-order valence-corrected chi connectivity index (χ4v) is 1.70. The Morgan fingerprint density at radius 1 is 1.55 bits per heavy atom. The number of rotatable bonds is 5. The van der Waals surface area contributed by atoms with Gasteiger partial charge in [-0.15, -0.1) is 10.2 Å². The van der Waals surface area contributed by atoms with E-state index in [2.05, 4.69) is 15.5 Å². The number of nitro groups is 1. The summed E-state index contributed by atoms with van der Waals surface area (Å²) >= 11 is 0. The van der Waals surface area contributed by atoms with Crippen LogP contribution in [0, 0.1) is 10.1 Å². The van der Waals surface area contributed by atoms with E-state index >= 15 is 0 Å². The summed E-state index contributed by atoms with van der Waals surface area (Å²) in [4.78, 5) is 21.3. The van der Waals surface area contributed by atoms with Crippen molar-refractivity contribution in [2.24, 2.45) is 7.05 Å². The molecular formula is C11H11N5O4. The molecule has 0 bridgehead atoms. The summed E-state index contributed by atoms with van der Waals surface area (Å²) in [7, 11) is 1.74. The number of nitrogens with one attached hydrogen (secondary N) is 1. The van der Waals surface area contributed by atoms with Crippen LogP contribution in [-0.2, 0) is 13.6 Å². The number of hydrogen-bond acceptors (Lipinski definition) is 6. The highest BCUT2D eigenvalue weighted by molar-refractivity contribution is 5.95. The minimum atomic E-state index is -1.35. The first kappa shape index (κ1) is 13.5. The van der Waals surface area contributed by atoms with Crippen LogP contribution in [0.2, 0.25) is 0 Å². The lowest BCUT2D eigenvalue weighted by Gasteiger charge is -2.08. The first-order valence-electron chi connectivity index (χ1n) is 5.58. The average Bonchev–Trinajstić information content (AvgIpc) is 2.81. The van der Waals surface area contributed by atoms with E-state index in [0.29, 0.717) is 5.82 Å². The molecule has 0 aliphatic rings. The Morgan fingerprint density at radius 2 is 2.30 bits per heavy atom. The zero-order valence-corrected chi connectivity index (χ0v) is 10.5. The van der Waals surface area contributed by atoms with Gasteiger partial charge < -0.3 is 15.0 Å². The molecule has 0 unspecified atom stereocenters. The van der Waals surface area contributed by atoms with E-state index in [9.17, 15) is 14.9 Å². The van der Waals surface area contributed by atoms with Gasteiger partial charge in [0.05, 0.1) is 11.5 Å². The number of carboxylic acids is 1. The Kier molecular flexibility index (Phi) is 3.60. The molecule has 9 heteroatoms. The predicted molar refractivity (Wildman–Crippen MR) is 68.4 cm³/mol. The maximum atomic E-state index is 11.0. The molecule has 0 amide bonds. The van der Waals surface area contributed by atoms with E-state index in [-0.39, 0.29) is 17.8 Å². The molecule has 0 aliphatic heterocycles. The van der Waals surface area contributed by atoms with Gasteiger partial charge in [-0.3, -0.25) is 10.1 Å². The van der Waals surface area contributed by atoms with Crippen molar-refractivity contribution in [1.82, 2.24) is 14.8 Å². The third-order valence-electron chi connectivity index (χ3n) is 2.69. The lowest BCUT2D eigenvalue weighted by atomic mass is 10.1. The van der Waals surface area contributed by atoms with Crippen molar-refractivity contribution in [3.63, 3.8) is 0 Å². The van der Waals surface area contributed by atoms with Crippen molar-refractivity contribution >= 4 is 17.3 Å². The number of aromatic nitrogens is 3. The van der Waals surface area contributed by atoms with Crippen LogP contribution >= 0.6 is 0 Å². The molecule has 0 saturated carbocycles. The van der Waals surface area contributed by atoms with E-state index < -0.39 is 16.6 Å². The Hall–Kier alpha value is -2.97. The molecule has 0 saturated heterocycles. The molecule has 2 N–H and O–H groups in total. The van der Waals surface area contributed by atoms with Gasteiger partial charge in [0.1, 0.15) is 17.6 Å². The molecule has 104 valence electrons. The highest BCUT2D eigenvalue weighted by atomic mass is 16.6. The fourth-order valence-electron chi connectivity index (χ4n) is 1.70. The number of hydrogen-bond donors (Lipinski definition) is 2. The van der Waals surface area contributed by atoms with Crippen molar-refractivity contribution in [3.05, 3.63) is 46.0 Å². The number of carbonyl (C=O) groups is 1. The van der Waals surface area contributed by atoms with Crippen LogP contribution in [0.1, 0.15) is 16.2 Å². The van der Waals surface area contributed by atoms with Gasteiger partial charge in [0, 0.05) is 7.05 Å². The third-order valence-corrected chi connectivity index (χ3v) is 2.69. The number of benzene rings is 1. The Bertz CT molecular complexity index is 667. The molecule has 0 aliphatic carbocycles. The molecular weight excluding hydrogens is 266 g/mol. The van der Waals surface area contributed by atoms with Crippen molar-refractivity contribution in [2.75, 3.05) is 5.32 Å². The minimum Gasteiger partial charge on any atom is -0.477 e. The number of aryl methyl sites for hydroxylation is 1. The standard InChI is InChI=1S/C11H11N5O4/c1-15-6-13-14-9(15)5-12-8-4-2-3-7(11(17)18)10(8)16(19)20/h2-4,6,12H,5H2,1H3,(H,17,18). The van der Waals surface area contributed by atoms with E-state index in [4.69, 9.17) is 5.11 Å². The van der Waals surface area contributed by atoms with Crippen molar-refractivity contribution in [3.8, 4) is 0 Å². The van der Waals surface area contributed by atoms with Gasteiger partial charge in [0.2, 0.25) is 0 Å². The smallest absolute Gasteiger partial charge is 0.342 e. The van der Waals surface area contributed by atoms with Gasteiger partial charge in [0.15, 0.2) is 5.82 Å². The quantitative estimate of drug-likeness (QED) is 0.618. The second-order valence-corrected chi connectivity index (χ2v) is 3.98. The van der Waals surface area contributed by atoms with Gasteiger partial charge in [0.25, 0.3) is 0 Å². The second-order valence-electron chi connectivity index (χ2n) is 3.98. The molecule has 0 radical (unpaired) electrons. The highest BCUT2D eigenvalue weighted by Crippen LogP contribution is 2.28. The number of nitro benzene ring substituents is 1. The summed E-state index contributed by atoms with van der Waals surface area (Å²) in [5.41, 5.74) is -0.710. The minimum absolute atomic E-state index is 0.123. The summed E-state index contributed by atoms with van der Waals surface area (Å²) in [5.74, 6) is -0.779. The van der Waals surface area contributed by atoms with Crippen LogP contribution < -0.4 is 5.32 Å². The van der Waals surface area contributed by atoms with Gasteiger partial charge >= 0.3 is 11.7 Å². The molecule has 2 aromatic rings. The van der Waals surface area contributed by atoms with Crippen molar-refractivity contribution < 1.29 is 14.8 Å². The number of anilines is 1. The molecule has 2 rings (SSSR count). The Labute approximate surface area is 113 Å². The van der Waals surface area contributed by atoms with Crippen LogP contribution in [0.4, 0.5) is 11.4 Å². The summed E-state index contributed by atoms with van der Waals surface area (Å²) in [6, 6.07) is 4.07. The molecule has 0 spiro atoms. The molecule has 9 nitrogen and oxygen atoms in total. The molecule has 1 aromatic heterocycles. The zero-order valence-electron chi connectivity index (χ0n) is 10.5. The van der Waals surface area contributed by atoms with E-state index in [0.717, 1.165) is 0 Å². The highest BCUT2D eigenvalue weighted by Gasteiger charge is 2.24. The van der Waals surface area contributed by atoms with Crippen LogP contribution in [0.25, 0.3) is 0 Å². The molecule has 1 heterocycles. The summed E-state index contributed by atoms with van der Waals surface area (Å²) < 4.78 is 1.65. The van der Waals surface area contributed by atoms with Crippen LogP contribution in [0.15, 0.2) is 24.5 Å². The fraction of sp³-hybridized carbons (Fsp3) is 0.182. The number of para-hydroxylation sites is 1. The van der Waals surface area contributed by atoms with Crippen LogP contribution in [-0.4, -0.2) is 30.8 Å². The molecule has 20 heavy (non-hydrogen) atoms. The average molecular weight is 277 g/mol. The number of carboxylic acid groups (broad SMARTS) is 1.